The van der Waals surface area contributed by atoms with Gasteiger partial charge in [0, 0.05) is 12.8 Å². The van der Waals surface area contributed by atoms with Gasteiger partial charge in [0.05, 0.1) is 6.10 Å². The van der Waals surface area contributed by atoms with Crippen molar-refractivity contribution in [3.63, 3.8) is 0 Å². The summed E-state index contributed by atoms with van der Waals surface area (Å²) < 4.78 is 7.32. The van der Waals surface area contributed by atoms with E-state index in [1.807, 2.05) is 13.0 Å². The maximum absolute atomic E-state index is 10.1. The predicted octanol–water partition coefficient (Wildman–Crippen LogP) is 2.35. The monoisotopic (exact) mass is 336 g/mol. The molecular formula is C16H24N4O2S. The summed E-state index contributed by atoms with van der Waals surface area (Å²) in [4.78, 5) is 0. The van der Waals surface area contributed by atoms with Crippen LogP contribution in [0.2, 0.25) is 0 Å². The molecule has 7 heteroatoms. The third-order valence-electron chi connectivity index (χ3n) is 3.46. The Labute approximate surface area is 141 Å². The summed E-state index contributed by atoms with van der Waals surface area (Å²) in [6.45, 7) is 8.82. The van der Waals surface area contributed by atoms with Gasteiger partial charge >= 0.3 is 0 Å². The van der Waals surface area contributed by atoms with E-state index in [9.17, 15) is 5.11 Å². The topological polar surface area (TPSA) is 73.1 Å². The van der Waals surface area contributed by atoms with Crippen molar-refractivity contribution in [1.29, 1.82) is 0 Å². The van der Waals surface area contributed by atoms with E-state index in [-0.39, 0.29) is 12.0 Å². The van der Waals surface area contributed by atoms with Crippen molar-refractivity contribution in [3.05, 3.63) is 29.3 Å². The number of nitrogens with zero attached hydrogens (tertiary/aromatic N) is 4. The third kappa shape index (κ3) is 4.94. The molecule has 1 aromatic heterocycles. The second-order valence-electron chi connectivity index (χ2n) is 6.59. The number of aliphatic hydroxyl groups is 1. The van der Waals surface area contributed by atoms with Gasteiger partial charge in [0.1, 0.15) is 12.4 Å². The van der Waals surface area contributed by atoms with Gasteiger partial charge in [-0.3, -0.25) is 0 Å². The van der Waals surface area contributed by atoms with Gasteiger partial charge in [-0.1, -0.05) is 44.7 Å². The van der Waals surface area contributed by atoms with Crippen molar-refractivity contribution in [1.82, 2.24) is 20.2 Å². The lowest BCUT2D eigenvalue weighted by molar-refractivity contribution is 0.126. The average molecular weight is 336 g/mol. The van der Waals surface area contributed by atoms with Crippen LogP contribution in [0.15, 0.2) is 23.4 Å². The highest BCUT2D eigenvalue weighted by Crippen LogP contribution is 2.27. The van der Waals surface area contributed by atoms with Crippen molar-refractivity contribution < 1.29 is 9.84 Å². The van der Waals surface area contributed by atoms with Crippen LogP contribution in [0.5, 0.6) is 5.75 Å². The number of aromatic nitrogens is 4. The lowest BCUT2D eigenvalue weighted by atomic mass is 9.86. The summed E-state index contributed by atoms with van der Waals surface area (Å²) in [7, 11) is 1.77. The molecule has 1 heterocycles. The Morgan fingerprint density at radius 1 is 1.35 bits per heavy atom. The molecule has 0 radical (unpaired) electrons. The minimum Gasteiger partial charge on any atom is -0.491 e. The van der Waals surface area contributed by atoms with Gasteiger partial charge in [-0.15, -0.1) is 5.10 Å². The van der Waals surface area contributed by atoms with Crippen molar-refractivity contribution in [2.75, 3.05) is 12.4 Å². The van der Waals surface area contributed by atoms with Crippen LogP contribution in [0.4, 0.5) is 0 Å². The highest BCUT2D eigenvalue weighted by atomic mass is 32.2. The Morgan fingerprint density at radius 2 is 2.09 bits per heavy atom. The molecular weight excluding hydrogens is 312 g/mol. The summed E-state index contributed by atoms with van der Waals surface area (Å²) in [6, 6.07) is 6.19. The van der Waals surface area contributed by atoms with Crippen LogP contribution in [0.3, 0.4) is 0 Å². The zero-order valence-electron chi connectivity index (χ0n) is 14.3. The first-order valence-electron chi connectivity index (χ1n) is 7.54. The van der Waals surface area contributed by atoms with E-state index < -0.39 is 6.10 Å². The molecule has 0 aliphatic heterocycles. The van der Waals surface area contributed by atoms with Gasteiger partial charge in [0.15, 0.2) is 0 Å². The molecule has 0 amide bonds. The quantitative estimate of drug-likeness (QED) is 0.816. The molecule has 23 heavy (non-hydrogen) atoms. The maximum Gasteiger partial charge on any atom is 0.209 e. The summed E-state index contributed by atoms with van der Waals surface area (Å²) in [5.41, 5.74) is 2.46. The van der Waals surface area contributed by atoms with Gasteiger partial charge < -0.3 is 9.84 Å². The number of aliphatic hydroxyl groups excluding tert-OH is 1. The number of benzene rings is 1. The van der Waals surface area contributed by atoms with Gasteiger partial charge in [-0.2, -0.15) is 0 Å². The highest BCUT2D eigenvalue weighted by molar-refractivity contribution is 7.99. The van der Waals surface area contributed by atoms with Crippen LogP contribution in [-0.4, -0.2) is 43.8 Å². The zero-order valence-corrected chi connectivity index (χ0v) is 15.1. The molecule has 0 saturated heterocycles. The van der Waals surface area contributed by atoms with E-state index >= 15 is 0 Å². The van der Waals surface area contributed by atoms with Gasteiger partial charge in [0.25, 0.3) is 0 Å². The molecule has 0 aliphatic rings. The molecule has 6 nitrogen and oxygen atoms in total. The van der Waals surface area contributed by atoms with Crippen LogP contribution in [0.25, 0.3) is 0 Å². The fraction of sp³-hybridized carbons (Fsp3) is 0.562. The summed E-state index contributed by atoms with van der Waals surface area (Å²) in [5, 5.41) is 21.9. The number of aryl methyl sites for hydroxylation is 2. The van der Waals surface area contributed by atoms with Crippen LogP contribution < -0.4 is 4.74 Å². The Bertz CT molecular complexity index is 652. The minimum absolute atomic E-state index is 0.115. The second kappa shape index (κ2) is 7.31. The lowest BCUT2D eigenvalue weighted by Crippen LogP contribution is -2.21. The molecule has 1 unspecified atom stereocenters. The fourth-order valence-electron chi connectivity index (χ4n) is 2.03. The Kier molecular flexibility index (Phi) is 5.64. The predicted molar refractivity (Wildman–Crippen MR) is 90.9 cm³/mol. The van der Waals surface area contributed by atoms with Gasteiger partial charge in [-0.05, 0) is 40.0 Å². The number of hydrogen-bond acceptors (Lipinski definition) is 6. The molecule has 0 spiro atoms. The third-order valence-corrected chi connectivity index (χ3v) is 4.61. The first kappa shape index (κ1) is 17.7. The van der Waals surface area contributed by atoms with Crippen LogP contribution in [-0.2, 0) is 12.5 Å². The molecule has 1 aromatic carbocycles. The summed E-state index contributed by atoms with van der Waals surface area (Å²) >= 11 is 1.40. The Hall–Kier alpha value is -1.60. The highest BCUT2D eigenvalue weighted by Gasteiger charge is 2.15. The molecule has 0 saturated carbocycles. The summed E-state index contributed by atoms with van der Waals surface area (Å²) in [6.07, 6.45) is -0.585. The SMILES string of the molecule is Cc1cc(C(C)(C)C)ccc1OCC(O)CSc1nnnn1C. The molecule has 1 N–H and O–H groups in total. The smallest absolute Gasteiger partial charge is 0.209 e. The zero-order chi connectivity index (χ0) is 17.0. The first-order chi connectivity index (χ1) is 10.8. The molecule has 2 aromatic rings. The van der Waals surface area contributed by atoms with E-state index in [1.54, 1.807) is 11.7 Å². The van der Waals surface area contributed by atoms with Crippen LogP contribution >= 0.6 is 11.8 Å². The van der Waals surface area contributed by atoms with E-state index in [0.29, 0.717) is 10.9 Å². The Balaban J connectivity index is 1.86. The molecule has 0 bridgehead atoms. The fourth-order valence-corrected chi connectivity index (χ4v) is 2.78. The number of tetrazole rings is 1. The molecule has 0 aliphatic carbocycles. The van der Waals surface area contributed by atoms with E-state index in [2.05, 4.69) is 48.4 Å². The number of thioether (sulfide) groups is 1. The molecule has 1 atom stereocenters. The van der Waals surface area contributed by atoms with Crippen LogP contribution in [0.1, 0.15) is 31.9 Å². The maximum atomic E-state index is 10.1. The molecule has 2 rings (SSSR count). The standard InChI is InChI=1S/C16H24N4O2S/c1-11-8-12(16(2,3)4)6-7-14(11)22-9-13(21)10-23-15-17-18-19-20(15)5/h6-8,13,21H,9-10H2,1-5H3. The molecule has 126 valence electrons. The molecule has 0 fully saturated rings. The average Bonchev–Trinajstić information content (AvgIpc) is 2.88. The summed E-state index contributed by atoms with van der Waals surface area (Å²) in [5.74, 6) is 1.29. The number of rotatable bonds is 6. The van der Waals surface area contributed by atoms with E-state index in [0.717, 1.165) is 11.3 Å². The van der Waals surface area contributed by atoms with Crippen molar-refractivity contribution in [3.8, 4) is 5.75 Å². The largest absolute Gasteiger partial charge is 0.491 e. The van der Waals surface area contributed by atoms with Gasteiger partial charge in [0.2, 0.25) is 5.16 Å². The number of ether oxygens (including phenoxy) is 1. The Morgan fingerprint density at radius 3 is 2.65 bits per heavy atom. The minimum atomic E-state index is -0.585. The van der Waals surface area contributed by atoms with Crippen molar-refractivity contribution >= 4 is 11.8 Å². The van der Waals surface area contributed by atoms with Crippen molar-refractivity contribution in [2.24, 2.45) is 7.05 Å². The number of hydrogen-bond donors (Lipinski definition) is 1. The van der Waals surface area contributed by atoms with E-state index in [4.69, 9.17) is 4.74 Å². The normalized spacial score (nSPS) is 13.1. The lowest BCUT2D eigenvalue weighted by Gasteiger charge is -2.21. The van der Waals surface area contributed by atoms with Crippen LogP contribution in [0, 0.1) is 6.92 Å². The van der Waals surface area contributed by atoms with E-state index in [1.165, 1.54) is 17.3 Å². The van der Waals surface area contributed by atoms with Gasteiger partial charge in [-0.25, -0.2) is 4.68 Å². The second-order valence-corrected chi connectivity index (χ2v) is 7.58. The first-order valence-corrected chi connectivity index (χ1v) is 8.53. The van der Waals surface area contributed by atoms with Crippen molar-refractivity contribution in [2.45, 2.75) is 44.4 Å².